The highest BCUT2D eigenvalue weighted by atomic mass is 16.6. The Bertz CT molecular complexity index is 2170. The number of ether oxygens (including phenoxy) is 3. The molecule has 6 N–H and O–H groups in total. The summed E-state index contributed by atoms with van der Waals surface area (Å²) < 4.78 is 15.6. The van der Waals surface area contributed by atoms with Gasteiger partial charge in [0.2, 0.25) is 11.8 Å². The van der Waals surface area contributed by atoms with Crippen molar-refractivity contribution in [1.29, 1.82) is 0 Å². The van der Waals surface area contributed by atoms with E-state index >= 15 is 0 Å². The molecule has 0 spiro atoms. The molecule has 0 radical (unpaired) electrons. The number of anilines is 1. The number of nitrogens with zero attached hydrogens (tertiary/aromatic N) is 2. The van der Waals surface area contributed by atoms with Gasteiger partial charge in [0, 0.05) is 69.3 Å². The Morgan fingerprint density at radius 3 is 1.94 bits per heavy atom. The Morgan fingerprint density at radius 2 is 1.40 bits per heavy atom. The molecule has 5 amide bonds. The standard InChI is InChI=1S/C54H80N6O12/c1-34(2)43(27-36(5)44(63)29-41(72-33-62)24-26-70-32-61)59(11)50(67)42(53(6,7)8)30-46(65)48(54(9,10)39-18-14-13-15-19-39)60(12)52(69)71-31-37-20-22-40(23-21-37)58-49(66)38(17-16-25-57-51(56)68)28-45(64)47(55)35(3)4/h13-15,18-23,27,32-35,38,41-43,47-48H,16-17,24-26,28-31,55H2,1-12H3,(H,58,66)(H3,56,57,68)/b36-27+/t38-,41+,42-,43-,47+,48-/m1/s1. The van der Waals surface area contributed by atoms with Gasteiger partial charge in [-0.25, -0.2) is 9.59 Å². The lowest BCUT2D eigenvalue weighted by Gasteiger charge is -2.41. The number of allylic oxidation sites excluding steroid dienone is 1. The molecule has 18 heteroatoms. The molecule has 0 aromatic heterocycles. The number of nitrogens with one attached hydrogen (secondary N) is 2. The van der Waals surface area contributed by atoms with E-state index in [0.29, 0.717) is 29.7 Å². The fourth-order valence-corrected chi connectivity index (χ4v) is 8.53. The summed E-state index contributed by atoms with van der Waals surface area (Å²) in [6.07, 6.45) is 0.444. The van der Waals surface area contributed by atoms with Gasteiger partial charge in [-0.05, 0) is 65.8 Å². The number of Topliss-reactive ketones (excluding diaryl/α,β-unsaturated/α-hetero) is 3. The number of carbonyl (C=O) groups is 9. The summed E-state index contributed by atoms with van der Waals surface area (Å²) in [5.41, 5.74) is 11.7. The number of carbonyl (C=O) groups excluding carboxylic acids is 9. The molecule has 0 fully saturated rings. The van der Waals surface area contributed by atoms with Crippen molar-refractivity contribution >= 4 is 59.9 Å². The highest BCUT2D eigenvalue weighted by Crippen LogP contribution is 2.37. The fraction of sp³-hybridized carbons (Fsp3) is 0.574. The van der Waals surface area contributed by atoms with E-state index in [-0.39, 0.29) is 93.5 Å². The zero-order valence-corrected chi connectivity index (χ0v) is 44.4. The predicted molar refractivity (Wildman–Crippen MR) is 274 cm³/mol. The van der Waals surface area contributed by atoms with Gasteiger partial charge in [0.05, 0.1) is 18.7 Å². The zero-order chi connectivity index (χ0) is 54.5. The van der Waals surface area contributed by atoms with Crippen LogP contribution in [0.2, 0.25) is 0 Å². The van der Waals surface area contributed by atoms with E-state index in [1.165, 1.54) is 11.9 Å². The van der Waals surface area contributed by atoms with Gasteiger partial charge in [-0.2, -0.15) is 0 Å². The summed E-state index contributed by atoms with van der Waals surface area (Å²) >= 11 is 0. The molecule has 0 heterocycles. The maximum Gasteiger partial charge on any atom is 0.410 e. The molecule has 398 valence electrons. The zero-order valence-electron chi connectivity index (χ0n) is 44.4. The van der Waals surface area contributed by atoms with E-state index in [9.17, 15) is 43.2 Å². The molecule has 0 saturated heterocycles. The Hall–Kier alpha value is -6.43. The summed E-state index contributed by atoms with van der Waals surface area (Å²) in [4.78, 5) is 119. The first-order valence-corrected chi connectivity index (χ1v) is 24.5. The summed E-state index contributed by atoms with van der Waals surface area (Å²) in [5, 5.41) is 5.34. The van der Waals surface area contributed by atoms with Crippen molar-refractivity contribution in [2.45, 2.75) is 144 Å². The molecule has 0 aliphatic heterocycles. The average molecular weight is 1010 g/mol. The van der Waals surface area contributed by atoms with E-state index in [1.54, 1.807) is 49.2 Å². The van der Waals surface area contributed by atoms with Gasteiger partial charge in [-0.3, -0.25) is 33.6 Å². The van der Waals surface area contributed by atoms with Crippen LogP contribution in [-0.2, 0) is 59.8 Å². The van der Waals surface area contributed by atoms with Crippen molar-refractivity contribution in [2.24, 2.45) is 40.6 Å². The summed E-state index contributed by atoms with van der Waals surface area (Å²) in [6.45, 7) is 18.9. The lowest BCUT2D eigenvalue weighted by atomic mass is 9.71. The molecule has 0 aliphatic carbocycles. The molecule has 2 aromatic carbocycles. The summed E-state index contributed by atoms with van der Waals surface area (Å²) in [7, 11) is 3.13. The molecule has 0 saturated carbocycles. The van der Waals surface area contributed by atoms with Crippen LogP contribution in [0.25, 0.3) is 0 Å². The second-order valence-corrected chi connectivity index (χ2v) is 20.8. The van der Waals surface area contributed by atoms with Crippen LogP contribution in [0.1, 0.15) is 119 Å². The number of nitrogens with two attached hydrogens (primary N) is 2. The molecule has 0 bridgehead atoms. The van der Waals surface area contributed by atoms with Crippen molar-refractivity contribution in [1.82, 2.24) is 15.1 Å². The minimum absolute atomic E-state index is 0.0397. The van der Waals surface area contributed by atoms with E-state index in [0.717, 1.165) is 5.56 Å². The number of hydrogen-bond acceptors (Lipinski definition) is 13. The Kier molecular flexibility index (Phi) is 25.0. The van der Waals surface area contributed by atoms with Crippen molar-refractivity contribution in [3.8, 4) is 0 Å². The number of benzene rings is 2. The van der Waals surface area contributed by atoms with Crippen LogP contribution in [0.3, 0.4) is 0 Å². The largest absolute Gasteiger partial charge is 0.468 e. The number of primary amides is 1. The van der Waals surface area contributed by atoms with Crippen molar-refractivity contribution in [3.63, 3.8) is 0 Å². The first-order chi connectivity index (χ1) is 33.7. The molecule has 18 nitrogen and oxygen atoms in total. The van der Waals surface area contributed by atoms with Crippen molar-refractivity contribution < 1.29 is 57.4 Å². The number of hydrogen-bond donors (Lipinski definition) is 4. The van der Waals surface area contributed by atoms with Crippen LogP contribution in [-0.4, -0.2) is 116 Å². The predicted octanol–water partition coefficient (Wildman–Crippen LogP) is 6.66. The topological polar surface area (TPSA) is 264 Å². The maximum atomic E-state index is 15.0. The number of rotatable bonds is 31. The quantitative estimate of drug-likeness (QED) is 0.0267. The molecule has 0 unspecified atom stereocenters. The van der Waals surface area contributed by atoms with Crippen molar-refractivity contribution in [3.05, 3.63) is 77.4 Å². The lowest BCUT2D eigenvalue weighted by molar-refractivity contribution is -0.144. The average Bonchev–Trinajstić information content (AvgIpc) is 3.31. The van der Waals surface area contributed by atoms with Crippen LogP contribution in [0.5, 0.6) is 0 Å². The van der Waals surface area contributed by atoms with Gasteiger partial charge in [0.1, 0.15) is 18.8 Å². The maximum absolute atomic E-state index is 15.0. The smallest absolute Gasteiger partial charge is 0.410 e. The van der Waals surface area contributed by atoms with E-state index in [4.69, 9.17) is 25.7 Å². The van der Waals surface area contributed by atoms with Gasteiger partial charge in [-0.1, -0.05) is 111 Å². The molecule has 72 heavy (non-hydrogen) atoms. The van der Waals surface area contributed by atoms with Gasteiger partial charge < -0.3 is 46.1 Å². The first-order valence-electron chi connectivity index (χ1n) is 24.5. The van der Waals surface area contributed by atoms with E-state index < -0.39 is 64.9 Å². The lowest BCUT2D eigenvalue weighted by Crippen LogP contribution is -2.55. The van der Waals surface area contributed by atoms with Crippen LogP contribution in [0.4, 0.5) is 15.3 Å². The highest BCUT2D eigenvalue weighted by Gasteiger charge is 2.45. The van der Waals surface area contributed by atoms with Gasteiger partial charge in [0.15, 0.2) is 17.3 Å². The third kappa shape index (κ3) is 19.3. The van der Waals surface area contributed by atoms with E-state index in [2.05, 4.69) is 10.6 Å². The SMILES string of the molecule is C/C(=C\[C@H](C(C)C)N(C)C(=O)[C@@H](CC(=O)[C@@H](N(C)C(=O)OCc1ccc(NC(=O)[C@H](CCCNC(N)=O)CC(=O)[C@@H](N)C(C)C)cc1)C(C)(C)c1ccccc1)C(C)(C)C)C(=O)C[C@H](CCOC=O)OC=O. The minimum Gasteiger partial charge on any atom is -0.468 e. The van der Waals surface area contributed by atoms with Gasteiger partial charge in [-0.15, -0.1) is 0 Å². The Morgan fingerprint density at radius 1 is 0.778 bits per heavy atom. The van der Waals surface area contributed by atoms with Gasteiger partial charge in [0.25, 0.3) is 12.9 Å². The third-order valence-corrected chi connectivity index (χ3v) is 13.1. The van der Waals surface area contributed by atoms with Crippen molar-refractivity contribution in [2.75, 3.05) is 32.6 Å². The van der Waals surface area contributed by atoms with Crippen LogP contribution in [0.15, 0.2) is 66.2 Å². The first kappa shape index (κ1) is 61.7. The van der Waals surface area contributed by atoms with E-state index in [1.807, 2.05) is 92.6 Å². The summed E-state index contributed by atoms with van der Waals surface area (Å²) in [5.74, 6) is -3.55. The number of urea groups is 1. The number of amides is 5. The van der Waals surface area contributed by atoms with Crippen LogP contribution < -0.4 is 22.1 Å². The minimum atomic E-state index is -1.10. The highest BCUT2D eigenvalue weighted by molar-refractivity contribution is 5.97. The Balaban J connectivity index is 2.37. The normalized spacial score (nSPS) is 14.4. The number of ketones is 3. The molecule has 2 aromatic rings. The second-order valence-electron chi connectivity index (χ2n) is 20.8. The molecule has 6 atom stereocenters. The monoisotopic (exact) mass is 1000 g/mol. The second kappa shape index (κ2) is 29.2. The molecule has 0 aliphatic rings. The third-order valence-electron chi connectivity index (χ3n) is 13.1. The van der Waals surface area contributed by atoms with Crippen LogP contribution >= 0.6 is 0 Å². The molecular weight excluding hydrogens is 925 g/mol. The fourth-order valence-electron chi connectivity index (χ4n) is 8.53. The molecular formula is C54H80N6O12. The Labute approximate surface area is 425 Å². The molecule has 2 rings (SSSR count). The number of likely N-dealkylation sites (N-methyl/N-ethyl adjacent to an activating group) is 2. The van der Waals surface area contributed by atoms with Gasteiger partial charge >= 0.3 is 12.1 Å². The van der Waals surface area contributed by atoms with Crippen LogP contribution in [0, 0.1) is 29.1 Å². The summed E-state index contributed by atoms with van der Waals surface area (Å²) in [6, 6.07) is 12.8.